The minimum Gasteiger partial charge on any atom is -0.508 e. The summed E-state index contributed by atoms with van der Waals surface area (Å²) < 4.78 is 0. The molecular weight excluding hydrogens is 222 g/mol. The fourth-order valence-electron chi connectivity index (χ4n) is 2.08. The minimum absolute atomic E-state index is 0.273. The van der Waals surface area contributed by atoms with Gasteiger partial charge in [-0.3, -0.25) is 4.99 Å². The average molecular weight is 239 g/mol. The van der Waals surface area contributed by atoms with Crippen LogP contribution in [-0.4, -0.2) is 11.3 Å². The summed E-state index contributed by atoms with van der Waals surface area (Å²) in [6.07, 6.45) is 1.82. The van der Waals surface area contributed by atoms with Gasteiger partial charge in [0.1, 0.15) is 5.75 Å². The normalized spacial score (nSPS) is 11.1. The lowest BCUT2D eigenvalue weighted by atomic mass is 10.1. The van der Waals surface area contributed by atoms with Crippen molar-refractivity contribution in [1.82, 2.24) is 0 Å². The number of hydrogen-bond acceptors (Lipinski definition) is 2. The Morgan fingerprint density at radius 3 is 2.06 bits per heavy atom. The number of phenolic OH excluding ortho intramolecular Hbond substituents is 1. The summed E-state index contributed by atoms with van der Waals surface area (Å²) in [7, 11) is 0. The van der Waals surface area contributed by atoms with Crippen molar-refractivity contribution in [3.05, 3.63) is 58.7 Å². The van der Waals surface area contributed by atoms with Crippen LogP contribution in [0.5, 0.6) is 5.75 Å². The highest BCUT2D eigenvalue weighted by Gasteiger charge is 2.01. The van der Waals surface area contributed by atoms with Crippen molar-refractivity contribution >= 4 is 11.9 Å². The van der Waals surface area contributed by atoms with Crippen LogP contribution in [0.25, 0.3) is 0 Å². The van der Waals surface area contributed by atoms with Gasteiger partial charge in [0.25, 0.3) is 0 Å². The first-order valence-electron chi connectivity index (χ1n) is 5.97. The topological polar surface area (TPSA) is 32.6 Å². The summed E-state index contributed by atoms with van der Waals surface area (Å²) in [6, 6.07) is 11.3. The van der Waals surface area contributed by atoms with E-state index in [1.807, 2.05) is 18.3 Å². The van der Waals surface area contributed by atoms with Gasteiger partial charge in [0, 0.05) is 6.21 Å². The molecule has 0 atom stereocenters. The van der Waals surface area contributed by atoms with Crippen molar-refractivity contribution in [2.45, 2.75) is 20.8 Å². The van der Waals surface area contributed by atoms with Crippen LogP contribution < -0.4 is 0 Å². The zero-order valence-electron chi connectivity index (χ0n) is 10.9. The van der Waals surface area contributed by atoms with Gasteiger partial charge in [0.05, 0.1) is 5.69 Å². The minimum atomic E-state index is 0.273. The van der Waals surface area contributed by atoms with E-state index in [1.54, 1.807) is 12.1 Å². The fraction of sp³-hybridized carbons (Fsp3) is 0.188. The van der Waals surface area contributed by atoms with E-state index >= 15 is 0 Å². The summed E-state index contributed by atoms with van der Waals surface area (Å²) >= 11 is 0. The lowest BCUT2D eigenvalue weighted by Gasteiger charge is -2.06. The Hall–Kier alpha value is -2.09. The average Bonchev–Trinajstić information content (AvgIpc) is 2.30. The third-order valence-electron chi connectivity index (χ3n) is 2.87. The van der Waals surface area contributed by atoms with Gasteiger partial charge in [0.2, 0.25) is 0 Å². The summed E-state index contributed by atoms with van der Waals surface area (Å²) in [5.41, 5.74) is 5.62. The second-order valence-corrected chi connectivity index (χ2v) is 4.60. The number of aliphatic imine (C=N–C) groups is 1. The highest BCUT2D eigenvalue weighted by atomic mass is 16.3. The van der Waals surface area contributed by atoms with Gasteiger partial charge in [-0.05, 0) is 61.7 Å². The van der Waals surface area contributed by atoms with Gasteiger partial charge in [0.15, 0.2) is 0 Å². The highest BCUT2D eigenvalue weighted by Crippen LogP contribution is 2.24. The SMILES string of the molecule is Cc1cc(C)c(N=Cc2ccc(O)cc2)c(C)c1. The molecule has 18 heavy (non-hydrogen) atoms. The maximum Gasteiger partial charge on any atom is 0.115 e. The molecule has 2 nitrogen and oxygen atoms in total. The molecule has 0 saturated carbocycles. The molecule has 0 amide bonds. The maximum absolute atomic E-state index is 9.22. The Morgan fingerprint density at radius 2 is 1.50 bits per heavy atom. The first kappa shape index (κ1) is 12.4. The van der Waals surface area contributed by atoms with Crippen LogP contribution in [0.15, 0.2) is 41.4 Å². The predicted octanol–water partition coefficient (Wildman–Crippen LogP) is 4.07. The Balaban J connectivity index is 2.31. The quantitative estimate of drug-likeness (QED) is 0.787. The number of aryl methyl sites for hydroxylation is 3. The largest absolute Gasteiger partial charge is 0.508 e. The molecule has 0 heterocycles. The number of hydrogen-bond donors (Lipinski definition) is 1. The first-order valence-corrected chi connectivity index (χ1v) is 5.97. The monoisotopic (exact) mass is 239 g/mol. The van der Waals surface area contributed by atoms with Gasteiger partial charge in [-0.2, -0.15) is 0 Å². The Morgan fingerprint density at radius 1 is 0.944 bits per heavy atom. The lowest BCUT2D eigenvalue weighted by molar-refractivity contribution is 0.475. The second kappa shape index (κ2) is 5.05. The number of rotatable bonds is 2. The smallest absolute Gasteiger partial charge is 0.115 e. The van der Waals surface area contributed by atoms with Crippen molar-refractivity contribution in [1.29, 1.82) is 0 Å². The molecule has 0 fully saturated rings. The summed E-state index contributed by atoms with van der Waals surface area (Å²) in [6.45, 7) is 6.24. The summed E-state index contributed by atoms with van der Waals surface area (Å²) in [5, 5.41) is 9.22. The molecule has 0 saturated heterocycles. The number of phenols is 1. The van der Waals surface area contributed by atoms with Crippen LogP contribution >= 0.6 is 0 Å². The van der Waals surface area contributed by atoms with E-state index in [0.29, 0.717) is 0 Å². The fourth-order valence-corrected chi connectivity index (χ4v) is 2.08. The molecule has 0 aliphatic heterocycles. The molecule has 0 bridgehead atoms. The summed E-state index contributed by atoms with van der Waals surface area (Å²) in [5.74, 6) is 0.273. The Labute approximate surface area is 108 Å². The molecule has 92 valence electrons. The third-order valence-corrected chi connectivity index (χ3v) is 2.87. The first-order chi connectivity index (χ1) is 8.56. The second-order valence-electron chi connectivity index (χ2n) is 4.60. The van der Waals surface area contributed by atoms with Gasteiger partial charge in [-0.15, -0.1) is 0 Å². The Bertz CT molecular complexity index is 560. The van der Waals surface area contributed by atoms with E-state index < -0.39 is 0 Å². The maximum atomic E-state index is 9.22. The molecule has 0 aromatic heterocycles. The molecule has 0 radical (unpaired) electrons. The molecule has 0 aliphatic carbocycles. The molecule has 0 aliphatic rings. The van der Waals surface area contributed by atoms with Crippen molar-refractivity contribution in [3.8, 4) is 5.75 Å². The highest BCUT2D eigenvalue weighted by molar-refractivity contribution is 5.83. The molecule has 0 unspecified atom stereocenters. The van der Waals surface area contributed by atoms with Crippen molar-refractivity contribution in [3.63, 3.8) is 0 Å². The molecule has 2 heteroatoms. The van der Waals surface area contributed by atoms with Crippen molar-refractivity contribution in [2.75, 3.05) is 0 Å². The van der Waals surface area contributed by atoms with Crippen molar-refractivity contribution < 1.29 is 5.11 Å². The van der Waals surface area contributed by atoms with Crippen LogP contribution in [0, 0.1) is 20.8 Å². The summed E-state index contributed by atoms with van der Waals surface area (Å²) in [4.78, 5) is 4.54. The van der Waals surface area contributed by atoms with E-state index in [0.717, 1.165) is 11.3 Å². The lowest BCUT2D eigenvalue weighted by Crippen LogP contribution is -1.85. The third kappa shape index (κ3) is 2.77. The molecular formula is C16H17NO. The van der Waals surface area contributed by atoms with E-state index in [4.69, 9.17) is 0 Å². The van der Waals surface area contributed by atoms with Gasteiger partial charge in [-0.25, -0.2) is 0 Å². The number of benzene rings is 2. The molecule has 1 N–H and O–H groups in total. The van der Waals surface area contributed by atoms with Crippen LogP contribution in [0.4, 0.5) is 5.69 Å². The van der Waals surface area contributed by atoms with Gasteiger partial charge in [-0.1, -0.05) is 17.7 Å². The van der Waals surface area contributed by atoms with Crippen molar-refractivity contribution in [2.24, 2.45) is 4.99 Å². The zero-order chi connectivity index (χ0) is 13.1. The van der Waals surface area contributed by atoms with E-state index in [1.165, 1.54) is 16.7 Å². The number of aromatic hydroxyl groups is 1. The van der Waals surface area contributed by atoms with E-state index in [-0.39, 0.29) is 5.75 Å². The zero-order valence-corrected chi connectivity index (χ0v) is 10.9. The van der Waals surface area contributed by atoms with Crippen LogP contribution in [0.2, 0.25) is 0 Å². The number of nitrogens with zero attached hydrogens (tertiary/aromatic N) is 1. The molecule has 0 spiro atoms. The predicted molar refractivity (Wildman–Crippen MR) is 76.0 cm³/mol. The standard InChI is InChI=1S/C16H17NO/c1-11-8-12(2)16(13(3)9-11)17-10-14-4-6-15(18)7-5-14/h4-10,18H,1-3H3. The van der Waals surface area contributed by atoms with E-state index in [2.05, 4.69) is 37.9 Å². The van der Waals surface area contributed by atoms with Crippen LogP contribution in [0.3, 0.4) is 0 Å². The van der Waals surface area contributed by atoms with Crippen LogP contribution in [0.1, 0.15) is 22.3 Å². The van der Waals surface area contributed by atoms with Gasteiger partial charge < -0.3 is 5.11 Å². The van der Waals surface area contributed by atoms with Crippen LogP contribution in [-0.2, 0) is 0 Å². The molecule has 2 rings (SSSR count). The molecule has 2 aromatic rings. The molecule has 2 aromatic carbocycles. The van der Waals surface area contributed by atoms with Gasteiger partial charge >= 0.3 is 0 Å². The Kier molecular flexibility index (Phi) is 3.47. The van der Waals surface area contributed by atoms with E-state index in [9.17, 15) is 5.11 Å².